The summed E-state index contributed by atoms with van der Waals surface area (Å²) in [5.41, 5.74) is 4.00. The van der Waals surface area contributed by atoms with Gasteiger partial charge in [-0.1, -0.05) is 17.7 Å². The van der Waals surface area contributed by atoms with E-state index in [1.165, 1.54) is 0 Å². The van der Waals surface area contributed by atoms with Gasteiger partial charge in [-0.15, -0.1) is 0 Å². The van der Waals surface area contributed by atoms with Gasteiger partial charge in [-0.25, -0.2) is 0 Å². The number of rotatable bonds is 4. The first kappa shape index (κ1) is 19.6. The van der Waals surface area contributed by atoms with E-state index in [0.717, 1.165) is 45.9 Å². The second-order valence-electron chi connectivity index (χ2n) is 8.71. The van der Waals surface area contributed by atoms with Crippen molar-refractivity contribution in [2.45, 2.75) is 58.1 Å². The molecule has 0 saturated carbocycles. The summed E-state index contributed by atoms with van der Waals surface area (Å²) in [6, 6.07) is 9.98. The molecular weight excluding hydrogens is 366 g/mol. The number of carbonyl (C=O) groups excluding carboxylic acids is 1. The van der Waals surface area contributed by atoms with Crippen LogP contribution in [0.5, 0.6) is 17.2 Å². The maximum absolute atomic E-state index is 13.1. The summed E-state index contributed by atoms with van der Waals surface area (Å²) >= 11 is 0. The number of hydrogen-bond acceptors (Lipinski definition) is 4. The standard InChI is InChI=1S/C24H29NO4/c1-14-6-7-20-19(10-14)18(8-9-28-20)23(26)25-15(2)16-11-17-13-24(3,4)29-22(17)21(12-16)27-5/h6-7,10-12,15,18H,8-9,13H2,1-5H3,(H,25,26). The van der Waals surface area contributed by atoms with Crippen molar-refractivity contribution in [1.82, 2.24) is 5.32 Å². The SMILES string of the molecule is COc1cc(C(C)NC(=O)C2CCOc3ccc(C)cc32)cc2c1OC(C)(C)C2. The van der Waals surface area contributed by atoms with Crippen LogP contribution in [-0.4, -0.2) is 25.2 Å². The summed E-state index contributed by atoms with van der Waals surface area (Å²) in [7, 11) is 1.65. The zero-order valence-electron chi connectivity index (χ0n) is 17.8. The summed E-state index contributed by atoms with van der Waals surface area (Å²) in [6.45, 7) is 8.74. The second kappa shape index (κ2) is 7.29. The molecule has 154 valence electrons. The molecule has 0 aliphatic carbocycles. The van der Waals surface area contributed by atoms with Crippen LogP contribution in [-0.2, 0) is 11.2 Å². The summed E-state index contributed by atoms with van der Waals surface area (Å²) in [4.78, 5) is 13.1. The molecule has 29 heavy (non-hydrogen) atoms. The predicted octanol–water partition coefficient (Wildman–Crippen LogP) is 4.46. The zero-order valence-corrected chi connectivity index (χ0v) is 17.8. The first-order chi connectivity index (χ1) is 13.8. The first-order valence-corrected chi connectivity index (χ1v) is 10.2. The molecule has 1 N–H and O–H groups in total. The quantitative estimate of drug-likeness (QED) is 0.830. The fourth-order valence-corrected chi connectivity index (χ4v) is 4.29. The minimum atomic E-state index is -0.246. The molecule has 0 aromatic heterocycles. The highest BCUT2D eigenvalue weighted by Gasteiger charge is 2.34. The number of amides is 1. The number of ether oxygens (including phenoxy) is 3. The van der Waals surface area contributed by atoms with Crippen molar-refractivity contribution in [2.24, 2.45) is 0 Å². The normalized spacial score (nSPS) is 20.0. The molecule has 5 nitrogen and oxygen atoms in total. The molecule has 0 saturated heterocycles. The molecule has 5 heteroatoms. The minimum absolute atomic E-state index is 0.0312. The number of fused-ring (bicyclic) bond motifs is 2. The van der Waals surface area contributed by atoms with E-state index in [1.807, 2.05) is 32.0 Å². The Kier molecular flexibility index (Phi) is 4.93. The van der Waals surface area contributed by atoms with Gasteiger partial charge in [-0.3, -0.25) is 4.79 Å². The molecule has 0 spiro atoms. The van der Waals surface area contributed by atoms with Crippen molar-refractivity contribution in [3.8, 4) is 17.2 Å². The molecule has 4 rings (SSSR count). The van der Waals surface area contributed by atoms with Gasteiger partial charge in [0.25, 0.3) is 0 Å². The third kappa shape index (κ3) is 3.78. The molecule has 2 heterocycles. The fraction of sp³-hybridized carbons (Fsp3) is 0.458. The van der Waals surface area contributed by atoms with Crippen LogP contribution in [0.3, 0.4) is 0 Å². The van der Waals surface area contributed by atoms with E-state index in [4.69, 9.17) is 14.2 Å². The Morgan fingerprint density at radius 3 is 2.83 bits per heavy atom. The lowest BCUT2D eigenvalue weighted by atomic mass is 9.90. The van der Waals surface area contributed by atoms with Gasteiger partial charge >= 0.3 is 0 Å². The number of hydrogen-bond donors (Lipinski definition) is 1. The Labute approximate surface area is 172 Å². The lowest BCUT2D eigenvalue weighted by Gasteiger charge is -2.27. The second-order valence-corrected chi connectivity index (χ2v) is 8.71. The lowest BCUT2D eigenvalue weighted by Crippen LogP contribution is -2.34. The Bertz CT molecular complexity index is 950. The smallest absolute Gasteiger partial charge is 0.228 e. The summed E-state index contributed by atoms with van der Waals surface area (Å²) in [5.74, 6) is 2.18. The van der Waals surface area contributed by atoms with Gasteiger partial charge in [-0.05, 0) is 57.9 Å². The van der Waals surface area contributed by atoms with Crippen molar-refractivity contribution in [3.05, 3.63) is 52.6 Å². The maximum Gasteiger partial charge on any atom is 0.228 e. The van der Waals surface area contributed by atoms with Crippen LogP contribution in [0.4, 0.5) is 0 Å². The summed E-state index contributed by atoms with van der Waals surface area (Å²) in [5, 5.41) is 3.20. The Balaban J connectivity index is 1.56. The van der Waals surface area contributed by atoms with Gasteiger partial charge < -0.3 is 19.5 Å². The van der Waals surface area contributed by atoms with Crippen LogP contribution >= 0.6 is 0 Å². The van der Waals surface area contributed by atoms with Crippen molar-refractivity contribution < 1.29 is 19.0 Å². The predicted molar refractivity (Wildman–Crippen MR) is 112 cm³/mol. The summed E-state index contributed by atoms with van der Waals surface area (Å²) < 4.78 is 17.4. The number of carbonyl (C=O) groups is 1. The van der Waals surface area contributed by atoms with E-state index < -0.39 is 0 Å². The topological polar surface area (TPSA) is 56.8 Å². The van der Waals surface area contributed by atoms with E-state index in [0.29, 0.717) is 13.0 Å². The molecule has 2 aliphatic heterocycles. The summed E-state index contributed by atoms with van der Waals surface area (Å²) in [6.07, 6.45) is 1.50. The molecule has 2 aromatic carbocycles. The lowest BCUT2D eigenvalue weighted by molar-refractivity contribution is -0.123. The minimum Gasteiger partial charge on any atom is -0.493 e. The van der Waals surface area contributed by atoms with Gasteiger partial charge in [0.15, 0.2) is 11.5 Å². The third-order valence-electron chi connectivity index (χ3n) is 5.75. The highest BCUT2D eigenvalue weighted by Crippen LogP contribution is 2.43. The molecule has 2 unspecified atom stereocenters. The maximum atomic E-state index is 13.1. The Hall–Kier alpha value is -2.69. The van der Waals surface area contributed by atoms with Crippen LogP contribution < -0.4 is 19.5 Å². The van der Waals surface area contributed by atoms with E-state index in [1.54, 1.807) is 7.11 Å². The highest BCUT2D eigenvalue weighted by molar-refractivity contribution is 5.85. The van der Waals surface area contributed by atoms with Gasteiger partial charge in [-0.2, -0.15) is 0 Å². The average Bonchev–Trinajstić information content (AvgIpc) is 3.00. The van der Waals surface area contributed by atoms with Gasteiger partial charge in [0.2, 0.25) is 5.91 Å². The van der Waals surface area contributed by atoms with E-state index in [-0.39, 0.29) is 23.5 Å². The van der Waals surface area contributed by atoms with Gasteiger partial charge in [0.1, 0.15) is 11.4 Å². The molecule has 1 amide bonds. The van der Waals surface area contributed by atoms with E-state index in [9.17, 15) is 4.79 Å². The van der Waals surface area contributed by atoms with Crippen LogP contribution in [0, 0.1) is 6.92 Å². The number of aryl methyl sites for hydroxylation is 1. The third-order valence-corrected chi connectivity index (χ3v) is 5.75. The van der Waals surface area contributed by atoms with Crippen LogP contribution in [0.15, 0.2) is 30.3 Å². The van der Waals surface area contributed by atoms with Gasteiger partial charge in [0, 0.05) is 17.5 Å². The van der Waals surface area contributed by atoms with E-state index >= 15 is 0 Å². The monoisotopic (exact) mass is 395 g/mol. The zero-order chi connectivity index (χ0) is 20.8. The largest absolute Gasteiger partial charge is 0.493 e. The number of benzene rings is 2. The van der Waals surface area contributed by atoms with E-state index in [2.05, 4.69) is 31.3 Å². The van der Waals surface area contributed by atoms with Crippen molar-refractivity contribution in [1.29, 1.82) is 0 Å². The van der Waals surface area contributed by atoms with Crippen LogP contribution in [0.1, 0.15) is 61.4 Å². The van der Waals surface area contributed by atoms with Gasteiger partial charge in [0.05, 0.1) is 25.7 Å². The Morgan fingerprint density at radius 1 is 1.28 bits per heavy atom. The van der Waals surface area contributed by atoms with Crippen molar-refractivity contribution >= 4 is 5.91 Å². The first-order valence-electron chi connectivity index (χ1n) is 10.2. The van der Waals surface area contributed by atoms with Crippen LogP contribution in [0.25, 0.3) is 0 Å². The fourth-order valence-electron chi connectivity index (χ4n) is 4.29. The average molecular weight is 395 g/mol. The van der Waals surface area contributed by atoms with Crippen molar-refractivity contribution in [2.75, 3.05) is 13.7 Å². The molecule has 2 aromatic rings. The molecule has 0 bridgehead atoms. The Morgan fingerprint density at radius 2 is 2.07 bits per heavy atom. The molecule has 2 atom stereocenters. The molecule has 2 aliphatic rings. The van der Waals surface area contributed by atoms with Crippen LogP contribution in [0.2, 0.25) is 0 Å². The highest BCUT2D eigenvalue weighted by atomic mass is 16.5. The molecule has 0 fully saturated rings. The molecule has 0 radical (unpaired) electrons. The number of nitrogens with one attached hydrogen (secondary N) is 1. The van der Waals surface area contributed by atoms with Crippen molar-refractivity contribution in [3.63, 3.8) is 0 Å². The number of methoxy groups -OCH3 is 1. The molecular formula is C24H29NO4.